The third-order valence-corrected chi connectivity index (χ3v) is 2.85. The molecule has 4 nitrogen and oxygen atoms in total. The lowest BCUT2D eigenvalue weighted by molar-refractivity contribution is -0.130. The summed E-state index contributed by atoms with van der Waals surface area (Å²) in [5, 5.41) is 8.80. The van der Waals surface area contributed by atoms with E-state index in [2.05, 4.69) is 4.90 Å². The average molecular weight is 200 g/mol. The molecule has 1 N–H and O–H groups in total. The molecule has 0 aromatic rings. The quantitative estimate of drug-likeness (QED) is 0.690. The van der Waals surface area contributed by atoms with E-state index >= 15 is 0 Å². The van der Waals surface area contributed by atoms with Crippen molar-refractivity contribution in [2.45, 2.75) is 26.3 Å². The van der Waals surface area contributed by atoms with E-state index in [0.717, 1.165) is 32.6 Å². The van der Waals surface area contributed by atoms with Crippen molar-refractivity contribution in [1.29, 1.82) is 0 Å². The third kappa shape index (κ3) is 2.69. The van der Waals surface area contributed by atoms with Crippen molar-refractivity contribution in [3.05, 3.63) is 0 Å². The average Bonchev–Trinajstić information content (AvgIpc) is 2.54. The predicted molar refractivity (Wildman–Crippen MR) is 55.0 cm³/mol. The fraction of sp³-hybridized carbons (Fsp3) is 0.900. The first-order valence-corrected chi connectivity index (χ1v) is 5.29. The van der Waals surface area contributed by atoms with E-state index in [1.165, 1.54) is 0 Å². The molecule has 1 atom stereocenters. The maximum atomic E-state index is 11.3. The molecule has 0 aromatic carbocycles. The van der Waals surface area contributed by atoms with E-state index < -0.39 is 0 Å². The van der Waals surface area contributed by atoms with Crippen LogP contribution in [0.15, 0.2) is 0 Å². The standard InChI is InChI=1S/C10H20N2O2/c1-3-12(9(2)14)10-4-5-11(8-10)6-7-13/h10,13H,3-8H2,1-2H3/t10-/m0/s1. The monoisotopic (exact) mass is 200 g/mol. The molecule has 0 aliphatic carbocycles. The van der Waals surface area contributed by atoms with Gasteiger partial charge in [0.05, 0.1) is 6.61 Å². The number of β-amino-alcohol motifs (C(OH)–C–C–N with tert-alkyl or cyclic N) is 1. The van der Waals surface area contributed by atoms with Crippen molar-refractivity contribution < 1.29 is 9.90 Å². The molecule has 4 heteroatoms. The molecule has 1 amide bonds. The topological polar surface area (TPSA) is 43.8 Å². The lowest BCUT2D eigenvalue weighted by Gasteiger charge is -2.26. The summed E-state index contributed by atoms with van der Waals surface area (Å²) < 4.78 is 0. The van der Waals surface area contributed by atoms with Gasteiger partial charge in [-0.05, 0) is 13.3 Å². The molecule has 0 radical (unpaired) electrons. The molecule has 1 rings (SSSR count). The number of aliphatic hydroxyl groups is 1. The minimum atomic E-state index is 0.156. The van der Waals surface area contributed by atoms with Crippen LogP contribution in [0, 0.1) is 0 Å². The summed E-state index contributed by atoms with van der Waals surface area (Å²) >= 11 is 0. The van der Waals surface area contributed by atoms with Gasteiger partial charge in [-0.2, -0.15) is 0 Å². The van der Waals surface area contributed by atoms with Crippen molar-refractivity contribution in [2.24, 2.45) is 0 Å². The van der Waals surface area contributed by atoms with Crippen LogP contribution in [0.2, 0.25) is 0 Å². The highest BCUT2D eigenvalue weighted by molar-refractivity contribution is 5.73. The molecule has 0 aromatic heterocycles. The highest BCUT2D eigenvalue weighted by atomic mass is 16.3. The van der Waals surface area contributed by atoms with Crippen molar-refractivity contribution in [3.63, 3.8) is 0 Å². The zero-order chi connectivity index (χ0) is 10.6. The van der Waals surface area contributed by atoms with Crippen molar-refractivity contribution >= 4 is 5.91 Å². The SMILES string of the molecule is CCN(C(C)=O)[C@H]1CCN(CCO)C1. The Morgan fingerprint density at radius 3 is 2.86 bits per heavy atom. The number of hydrogen-bond acceptors (Lipinski definition) is 3. The molecule has 1 aliphatic rings. The second-order valence-corrected chi connectivity index (χ2v) is 3.77. The first-order chi connectivity index (χ1) is 6.69. The van der Waals surface area contributed by atoms with Crippen molar-refractivity contribution in [2.75, 3.05) is 32.8 Å². The van der Waals surface area contributed by atoms with Crippen LogP contribution in [0.3, 0.4) is 0 Å². The van der Waals surface area contributed by atoms with Gasteiger partial charge < -0.3 is 10.0 Å². The first kappa shape index (κ1) is 11.5. The number of rotatable bonds is 4. The summed E-state index contributed by atoms with van der Waals surface area (Å²) in [7, 11) is 0. The summed E-state index contributed by atoms with van der Waals surface area (Å²) in [6, 6.07) is 0.351. The summed E-state index contributed by atoms with van der Waals surface area (Å²) in [6.45, 7) is 7.26. The minimum Gasteiger partial charge on any atom is -0.395 e. The normalized spacial score (nSPS) is 22.6. The van der Waals surface area contributed by atoms with Gasteiger partial charge in [0.1, 0.15) is 0 Å². The number of likely N-dealkylation sites (tertiary alicyclic amines) is 1. The Labute approximate surface area is 85.5 Å². The second-order valence-electron chi connectivity index (χ2n) is 3.77. The molecule has 82 valence electrons. The van der Waals surface area contributed by atoms with Crippen LogP contribution >= 0.6 is 0 Å². The van der Waals surface area contributed by atoms with Crippen LogP contribution in [0.1, 0.15) is 20.3 Å². The van der Waals surface area contributed by atoms with E-state index in [9.17, 15) is 4.79 Å². The molecule has 0 saturated carbocycles. The maximum Gasteiger partial charge on any atom is 0.219 e. The van der Waals surface area contributed by atoms with Gasteiger partial charge in [0.25, 0.3) is 0 Å². The Morgan fingerprint density at radius 2 is 2.36 bits per heavy atom. The zero-order valence-electron chi connectivity index (χ0n) is 9.07. The smallest absolute Gasteiger partial charge is 0.219 e. The van der Waals surface area contributed by atoms with Crippen LogP contribution in [0.5, 0.6) is 0 Å². The lowest BCUT2D eigenvalue weighted by Crippen LogP contribution is -2.40. The number of carbonyl (C=O) groups excluding carboxylic acids is 1. The highest BCUT2D eigenvalue weighted by Gasteiger charge is 2.27. The highest BCUT2D eigenvalue weighted by Crippen LogP contribution is 2.15. The number of carbonyl (C=O) groups is 1. The van der Waals surface area contributed by atoms with Gasteiger partial charge >= 0.3 is 0 Å². The molecule has 1 aliphatic heterocycles. The van der Waals surface area contributed by atoms with Crippen LogP contribution < -0.4 is 0 Å². The lowest BCUT2D eigenvalue weighted by atomic mass is 10.2. The van der Waals surface area contributed by atoms with E-state index in [1.807, 2.05) is 11.8 Å². The summed E-state index contributed by atoms with van der Waals surface area (Å²) in [4.78, 5) is 15.4. The second kappa shape index (κ2) is 5.32. The molecule has 1 heterocycles. The largest absolute Gasteiger partial charge is 0.395 e. The fourth-order valence-electron chi connectivity index (χ4n) is 2.15. The van der Waals surface area contributed by atoms with Crippen molar-refractivity contribution in [1.82, 2.24) is 9.80 Å². The third-order valence-electron chi connectivity index (χ3n) is 2.85. The predicted octanol–water partition coefficient (Wildman–Crippen LogP) is -0.0786. The van der Waals surface area contributed by atoms with Gasteiger partial charge in [-0.1, -0.05) is 0 Å². The van der Waals surface area contributed by atoms with E-state index in [-0.39, 0.29) is 12.5 Å². The van der Waals surface area contributed by atoms with Crippen LogP contribution in [-0.4, -0.2) is 59.6 Å². The minimum absolute atomic E-state index is 0.156. The van der Waals surface area contributed by atoms with Crippen LogP contribution in [-0.2, 0) is 4.79 Å². The Bertz CT molecular complexity index is 197. The summed E-state index contributed by atoms with van der Waals surface area (Å²) in [5.41, 5.74) is 0. The molecule has 1 fully saturated rings. The Kier molecular flexibility index (Phi) is 4.35. The Hall–Kier alpha value is -0.610. The molecule has 14 heavy (non-hydrogen) atoms. The molecule has 0 bridgehead atoms. The van der Waals surface area contributed by atoms with Gasteiger partial charge in [-0.15, -0.1) is 0 Å². The molecular formula is C10H20N2O2. The molecule has 1 saturated heterocycles. The van der Waals surface area contributed by atoms with Gasteiger partial charge in [-0.25, -0.2) is 0 Å². The van der Waals surface area contributed by atoms with Crippen molar-refractivity contribution in [3.8, 4) is 0 Å². The van der Waals surface area contributed by atoms with Gasteiger partial charge in [0.15, 0.2) is 0 Å². The van der Waals surface area contributed by atoms with Crippen LogP contribution in [0.25, 0.3) is 0 Å². The molecule has 0 spiro atoms. The number of likely N-dealkylation sites (N-methyl/N-ethyl adjacent to an activating group) is 1. The number of aliphatic hydroxyl groups excluding tert-OH is 1. The first-order valence-electron chi connectivity index (χ1n) is 5.29. The fourth-order valence-corrected chi connectivity index (χ4v) is 2.15. The van der Waals surface area contributed by atoms with E-state index in [0.29, 0.717) is 6.04 Å². The number of amides is 1. The molecular weight excluding hydrogens is 180 g/mol. The summed E-state index contributed by atoms with van der Waals surface area (Å²) in [6.07, 6.45) is 1.04. The Morgan fingerprint density at radius 1 is 1.64 bits per heavy atom. The molecule has 0 unspecified atom stereocenters. The number of nitrogens with zero attached hydrogens (tertiary/aromatic N) is 2. The van der Waals surface area contributed by atoms with E-state index in [4.69, 9.17) is 5.11 Å². The van der Waals surface area contributed by atoms with Gasteiger partial charge in [0, 0.05) is 39.1 Å². The van der Waals surface area contributed by atoms with E-state index in [1.54, 1.807) is 6.92 Å². The zero-order valence-corrected chi connectivity index (χ0v) is 9.07. The van der Waals surface area contributed by atoms with Crippen LogP contribution in [0.4, 0.5) is 0 Å². The van der Waals surface area contributed by atoms with Gasteiger partial charge in [-0.3, -0.25) is 9.69 Å². The van der Waals surface area contributed by atoms with Gasteiger partial charge in [0.2, 0.25) is 5.91 Å². The maximum absolute atomic E-state index is 11.3. The summed E-state index contributed by atoms with van der Waals surface area (Å²) in [5.74, 6) is 0.156. The Balaban J connectivity index is 2.43. The number of hydrogen-bond donors (Lipinski definition) is 1.